The Balaban J connectivity index is 1.30. The molecule has 6 heteroatoms. The highest BCUT2D eigenvalue weighted by atomic mass is 32.2. The summed E-state index contributed by atoms with van der Waals surface area (Å²) in [5.41, 5.74) is 2.48. The van der Waals surface area contributed by atoms with Crippen LogP contribution < -0.4 is 4.72 Å². The Hall–Kier alpha value is -1.89. The van der Waals surface area contributed by atoms with E-state index in [4.69, 9.17) is 0 Å². The summed E-state index contributed by atoms with van der Waals surface area (Å²) in [6, 6.07) is 18.0. The predicted octanol–water partition coefficient (Wildman–Crippen LogP) is 3.48. The van der Waals surface area contributed by atoms with Crippen LogP contribution in [-0.4, -0.2) is 49.9 Å². The van der Waals surface area contributed by atoms with Crippen molar-refractivity contribution < 1.29 is 13.5 Å². The molecule has 0 spiro atoms. The minimum absolute atomic E-state index is 0.374. The van der Waals surface area contributed by atoms with Gasteiger partial charge in [-0.1, -0.05) is 49.4 Å². The van der Waals surface area contributed by atoms with E-state index < -0.39 is 15.6 Å². The van der Waals surface area contributed by atoms with E-state index in [9.17, 15) is 13.5 Å². The van der Waals surface area contributed by atoms with Gasteiger partial charge in [0.2, 0.25) is 10.0 Å². The summed E-state index contributed by atoms with van der Waals surface area (Å²) in [7, 11) is -3.25. The zero-order chi connectivity index (χ0) is 21.4. The summed E-state index contributed by atoms with van der Waals surface area (Å²) in [4.78, 5) is 2.53. The van der Waals surface area contributed by atoms with Gasteiger partial charge in [0.25, 0.3) is 0 Å². The fourth-order valence-corrected chi connectivity index (χ4v) is 5.98. The predicted molar refractivity (Wildman–Crippen MR) is 121 cm³/mol. The molecule has 1 aliphatic heterocycles. The first kappa shape index (κ1) is 21.3. The molecule has 2 aliphatic rings. The van der Waals surface area contributed by atoms with Crippen LogP contribution in [0.5, 0.6) is 0 Å². The second-order valence-electron chi connectivity index (χ2n) is 9.43. The molecule has 5 nitrogen and oxygen atoms in total. The van der Waals surface area contributed by atoms with Crippen LogP contribution in [-0.2, 0) is 16.4 Å². The van der Waals surface area contributed by atoms with Crippen LogP contribution in [0.25, 0.3) is 0 Å². The highest BCUT2D eigenvalue weighted by molar-refractivity contribution is 7.92. The molecule has 0 amide bonds. The van der Waals surface area contributed by atoms with Crippen molar-refractivity contribution in [3.05, 3.63) is 65.7 Å². The van der Waals surface area contributed by atoms with Crippen molar-refractivity contribution in [2.75, 3.05) is 30.6 Å². The molecule has 1 saturated carbocycles. The van der Waals surface area contributed by atoms with Gasteiger partial charge in [0.15, 0.2) is 0 Å². The summed E-state index contributed by atoms with van der Waals surface area (Å²) in [5, 5.41) is 11.1. The van der Waals surface area contributed by atoms with Crippen LogP contribution >= 0.6 is 0 Å². The smallest absolute Gasteiger partial charge is 0.229 e. The van der Waals surface area contributed by atoms with E-state index in [-0.39, 0.29) is 0 Å². The topological polar surface area (TPSA) is 69.6 Å². The molecular weight excluding hydrogens is 396 g/mol. The molecule has 2 aromatic carbocycles. The molecule has 30 heavy (non-hydrogen) atoms. The van der Waals surface area contributed by atoms with Crippen LogP contribution in [0.15, 0.2) is 54.6 Å². The first-order valence-electron chi connectivity index (χ1n) is 10.8. The maximum absolute atomic E-state index is 11.4. The Labute approximate surface area is 180 Å². The van der Waals surface area contributed by atoms with Gasteiger partial charge in [-0.2, -0.15) is 0 Å². The summed E-state index contributed by atoms with van der Waals surface area (Å²) < 4.78 is 25.2. The average molecular weight is 429 g/mol. The number of hydrogen-bond donors (Lipinski definition) is 2. The third-order valence-electron chi connectivity index (χ3n) is 6.63. The van der Waals surface area contributed by atoms with Crippen molar-refractivity contribution in [3.63, 3.8) is 0 Å². The number of nitrogens with zero attached hydrogens (tertiary/aromatic N) is 1. The molecule has 0 bridgehead atoms. The molecule has 2 aromatic rings. The van der Waals surface area contributed by atoms with Crippen molar-refractivity contribution in [1.82, 2.24) is 4.90 Å². The number of anilines is 1. The van der Waals surface area contributed by atoms with E-state index in [1.165, 1.54) is 11.1 Å². The molecule has 0 radical (unpaired) electrons. The highest BCUT2D eigenvalue weighted by Gasteiger charge is 2.48. The van der Waals surface area contributed by atoms with E-state index in [0.29, 0.717) is 23.4 Å². The summed E-state index contributed by atoms with van der Waals surface area (Å²) >= 11 is 0. The van der Waals surface area contributed by atoms with Crippen molar-refractivity contribution in [1.29, 1.82) is 0 Å². The van der Waals surface area contributed by atoms with E-state index >= 15 is 0 Å². The molecule has 1 saturated heterocycles. The monoisotopic (exact) mass is 428 g/mol. The summed E-state index contributed by atoms with van der Waals surface area (Å²) in [6.07, 6.45) is 3.70. The van der Waals surface area contributed by atoms with Gasteiger partial charge in [-0.3, -0.25) is 4.72 Å². The Bertz CT molecular complexity index is 946. The molecule has 0 aromatic heterocycles. The van der Waals surface area contributed by atoms with Crippen molar-refractivity contribution in [2.45, 2.75) is 37.7 Å². The van der Waals surface area contributed by atoms with E-state index in [1.54, 1.807) is 0 Å². The lowest BCUT2D eigenvalue weighted by Crippen LogP contribution is -2.33. The lowest BCUT2D eigenvalue weighted by molar-refractivity contribution is 0.0353. The quantitative estimate of drug-likeness (QED) is 0.708. The van der Waals surface area contributed by atoms with Gasteiger partial charge < -0.3 is 10.0 Å². The minimum atomic E-state index is -3.25. The molecular formula is C24H32N2O3S. The van der Waals surface area contributed by atoms with Gasteiger partial charge in [0, 0.05) is 31.7 Å². The molecule has 1 aliphatic carbocycles. The lowest BCUT2D eigenvalue weighted by Gasteiger charge is -2.27. The first-order chi connectivity index (χ1) is 14.2. The number of fused-ring (bicyclic) bond motifs is 1. The third-order valence-corrected chi connectivity index (χ3v) is 7.23. The van der Waals surface area contributed by atoms with E-state index in [2.05, 4.69) is 28.7 Å². The maximum atomic E-state index is 11.4. The fraction of sp³-hybridized carbons (Fsp3) is 0.500. The highest BCUT2D eigenvalue weighted by Crippen LogP contribution is 2.45. The second-order valence-corrected chi connectivity index (χ2v) is 11.2. The fourth-order valence-electron chi connectivity index (χ4n) is 5.41. The van der Waals surface area contributed by atoms with E-state index in [0.717, 1.165) is 45.2 Å². The van der Waals surface area contributed by atoms with Crippen molar-refractivity contribution in [3.8, 4) is 0 Å². The van der Waals surface area contributed by atoms with Crippen molar-refractivity contribution in [2.24, 2.45) is 11.8 Å². The standard InChI is InChI=1S/C24H32N2O3S/c1-18(20-8-10-23(11-9-20)25-30(2,28)29)15-26-16-21-13-24(27,14-22(21)17-26)12-19-6-4-3-5-7-19/h3-11,18,21-22,25,27H,12-17H2,1-2H3/t18?,21-,22+,24-. The Morgan fingerprint density at radius 1 is 1.07 bits per heavy atom. The SMILES string of the molecule is CC(CN1C[C@@H]2C[C@@](O)(Cc3ccccc3)C[C@@H]2C1)c1ccc(NS(C)(=O)=O)cc1. The molecule has 162 valence electrons. The summed E-state index contributed by atoms with van der Waals surface area (Å²) in [5.74, 6) is 1.53. The van der Waals surface area contributed by atoms with E-state index in [1.807, 2.05) is 42.5 Å². The number of sulfonamides is 1. The molecule has 4 atom stereocenters. The zero-order valence-corrected chi connectivity index (χ0v) is 18.6. The molecule has 1 unspecified atom stereocenters. The Morgan fingerprint density at radius 2 is 1.67 bits per heavy atom. The van der Waals surface area contributed by atoms with Crippen LogP contribution in [0.3, 0.4) is 0 Å². The largest absolute Gasteiger partial charge is 0.390 e. The summed E-state index contributed by atoms with van der Waals surface area (Å²) in [6.45, 7) is 5.32. The number of benzene rings is 2. The van der Waals surface area contributed by atoms with Crippen LogP contribution in [0.2, 0.25) is 0 Å². The van der Waals surface area contributed by atoms with Gasteiger partial charge in [-0.25, -0.2) is 8.42 Å². The molecule has 2 fully saturated rings. The Morgan fingerprint density at radius 3 is 2.23 bits per heavy atom. The number of rotatable bonds is 7. The number of aliphatic hydroxyl groups is 1. The van der Waals surface area contributed by atoms with Crippen LogP contribution in [0, 0.1) is 11.8 Å². The average Bonchev–Trinajstić information content (AvgIpc) is 3.15. The van der Waals surface area contributed by atoms with Crippen LogP contribution in [0.1, 0.15) is 36.8 Å². The van der Waals surface area contributed by atoms with Gasteiger partial charge >= 0.3 is 0 Å². The molecule has 1 heterocycles. The third kappa shape index (κ3) is 5.23. The minimum Gasteiger partial charge on any atom is -0.390 e. The first-order valence-corrected chi connectivity index (χ1v) is 12.6. The number of hydrogen-bond acceptors (Lipinski definition) is 4. The number of likely N-dealkylation sites (tertiary alicyclic amines) is 1. The second kappa shape index (κ2) is 8.33. The molecule has 4 rings (SSSR count). The van der Waals surface area contributed by atoms with Gasteiger partial charge in [-0.05, 0) is 53.9 Å². The lowest BCUT2D eigenvalue weighted by atomic mass is 9.91. The normalized spacial score (nSPS) is 27.7. The van der Waals surface area contributed by atoms with Gasteiger partial charge in [-0.15, -0.1) is 0 Å². The zero-order valence-electron chi connectivity index (χ0n) is 17.8. The number of nitrogens with one attached hydrogen (secondary N) is 1. The molecule has 2 N–H and O–H groups in total. The van der Waals surface area contributed by atoms with Gasteiger partial charge in [0.05, 0.1) is 11.9 Å². The van der Waals surface area contributed by atoms with Crippen LogP contribution in [0.4, 0.5) is 5.69 Å². The van der Waals surface area contributed by atoms with Gasteiger partial charge in [0.1, 0.15) is 0 Å². The van der Waals surface area contributed by atoms with Crippen molar-refractivity contribution >= 4 is 15.7 Å². The maximum Gasteiger partial charge on any atom is 0.229 e. The Kier molecular flexibility index (Phi) is 5.93.